The van der Waals surface area contributed by atoms with Gasteiger partial charge in [0.25, 0.3) is 0 Å². The monoisotopic (exact) mass is 887 g/mol. The van der Waals surface area contributed by atoms with Gasteiger partial charge in [0.15, 0.2) is 0 Å². The number of fused-ring (bicyclic) bond motifs is 1. The number of aromatic amines is 1. The fourth-order valence-electron chi connectivity index (χ4n) is 5.78. The van der Waals surface area contributed by atoms with Crippen molar-refractivity contribution in [1.29, 1.82) is 0 Å². The molecule has 26 heteroatoms. The van der Waals surface area contributed by atoms with Crippen molar-refractivity contribution in [3.05, 3.63) is 36.0 Å². The number of H-pyrrole nitrogens is 1. The largest absolute Gasteiger partial charge is 0.481 e. The summed E-state index contributed by atoms with van der Waals surface area (Å²) in [5, 5.41) is 51.3. The molecular formula is C37H49N11O15. The third kappa shape index (κ3) is 16.4. The maximum absolute atomic E-state index is 13.6. The van der Waals surface area contributed by atoms with Crippen LogP contribution in [-0.4, -0.2) is 160 Å². The van der Waals surface area contributed by atoms with E-state index in [4.69, 9.17) is 0 Å². The first-order valence-electron chi connectivity index (χ1n) is 19.3. The molecule has 3 rings (SSSR count). The van der Waals surface area contributed by atoms with E-state index in [1.54, 1.807) is 30.5 Å². The lowest BCUT2D eigenvalue weighted by atomic mass is 10.0. The molecule has 0 aliphatic carbocycles. The minimum Gasteiger partial charge on any atom is -0.481 e. The quantitative estimate of drug-likeness (QED) is 0.117. The Kier molecular flexibility index (Phi) is 18.9. The van der Waals surface area contributed by atoms with Gasteiger partial charge in [0.1, 0.15) is 36.3 Å². The zero-order chi connectivity index (χ0) is 46.8. The number of hydrogen-bond acceptors (Lipinski definition) is 13. The molecule has 0 bridgehead atoms. The molecule has 26 nitrogen and oxygen atoms in total. The molecule has 63 heavy (non-hydrogen) atoms. The lowest BCUT2D eigenvalue weighted by Crippen LogP contribution is -2.58. The normalized spacial score (nSPS) is 23.8. The maximum Gasteiger partial charge on any atom is 0.305 e. The zero-order valence-electron chi connectivity index (χ0n) is 34.0. The number of benzene rings is 1. The molecule has 10 amide bonds. The third-order valence-electron chi connectivity index (χ3n) is 9.11. The van der Waals surface area contributed by atoms with E-state index in [2.05, 4.69) is 58.2 Å². The molecular weight excluding hydrogens is 838 g/mol. The lowest BCUT2D eigenvalue weighted by Gasteiger charge is -2.23. The summed E-state index contributed by atoms with van der Waals surface area (Å²) in [6.45, 7) is -1.81. The smallest absolute Gasteiger partial charge is 0.305 e. The van der Waals surface area contributed by atoms with Gasteiger partial charge in [0.05, 0.1) is 39.2 Å². The van der Waals surface area contributed by atoms with E-state index >= 15 is 0 Å². The molecule has 1 aliphatic heterocycles. The molecule has 342 valence electrons. The summed E-state index contributed by atoms with van der Waals surface area (Å²) in [6.07, 6.45) is -0.619. The van der Waals surface area contributed by atoms with Crippen LogP contribution in [0.15, 0.2) is 30.5 Å². The standard InChI is InChI=1S/C37H49N11O15/c1-17-32(58)40-12-26(50)39-13-27(51)47-24(10-31(56)57)37(63)44-18(2)33(59)48-25(16-49)35(61)42-14-28(52)45-22(7-8-30(54)55)34(60)41-15-29(53)46-23(36(62)43-17)9-19-11-38-21-6-4-3-5-20(19)21/h3-6,11,17-18,22-25,38,49H,7-10,12-16H2,1-2H3,(H,39,50)(H,40,58)(H,41,60)(H,42,61)(H,43,62)(H,44,63)(H,45,52)(H,46,53)(H,47,51)(H,48,59)(H,54,55)(H,56,57)/t17-,18-,22-,23-,24-,25-/m0/s1. The van der Waals surface area contributed by atoms with Gasteiger partial charge in [-0.15, -0.1) is 0 Å². The summed E-state index contributed by atoms with van der Waals surface area (Å²) in [7, 11) is 0. The number of para-hydroxylation sites is 1. The first-order valence-corrected chi connectivity index (χ1v) is 19.3. The Morgan fingerprint density at radius 1 is 0.556 bits per heavy atom. The Bertz CT molecular complexity index is 2090. The number of rotatable bonds is 8. The van der Waals surface area contributed by atoms with Crippen molar-refractivity contribution in [2.24, 2.45) is 0 Å². The van der Waals surface area contributed by atoms with Crippen LogP contribution in [0.4, 0.5) is 0 Å². The number of carboxylic acid groups (broad SMARTS) is 2. The van der Waals surface area contributed by atoms with Crippen LogP contribution in [0.25, 0.3) is 10.9 Å². The van der Waals surface area contributed by atoms with Crippen molar-refractivity contribution in [3.63, 3.8) is 0 Å². The molecule has 2 heterocycles. The van der Waals surface area contributed by atoms with E-state index in [1.165, 1.54) is 6.92 Å². The van der Waals surface area contributed by atoms with Crippen molar-refractivity contribution in [2.75, 3.05) is 32.8 Å². The van der Waals surface area contributed by atoms with E-state index in [1.807, 2.05) is 0 Å². The van der Waals surface area contributed by atoms with Crippen molar-refractivity contribution in [3.8, 4) is 0 Å². The van der Waals surface area contributed by atoms with Crippen LogP contribution < -0.4 is 53.2 Å². The zero-order valence-corrected chi connectivity index (χ0v) is 34.0. The summed E-state index contributed by atoms with van der Waals surface area (Å²) < 4.78 is 0. The SMILES string of the molecule is C[C@@H]1NC(=O)[C@H](Cc2c[nH]c3ccccc23)NC(=O)CNC(=O)[C@H](CCC(=O)O)NC(=O)CNC(=O)[C@H](CO)NC(=O)[C@H](C)NC(=O)[C@H](CC(=O)O)NC(=O)CNC(=O)CNC1=O. The highest BCUT2D eigenvalue weighted by Gasteiger charge is 2.31. The van der Waals surface area contributed by atoms with E-state index in [-0.39, 0.29) is 6.42 Å². The number of aromatic nitrogens is 1. The molecule has 0 saturated carbocycles. The molecule has 0 spiro atoms. The van der Waals surface area contributed by atoms with Gasteiger partial charge in [-0.05, 0) is 31.9 Å². The van der Waals surface area contributed by atoms with Crippen LogP contribution in [0.1, 0.15) is 38.7 Å². The van der Waals surface area contributed by atoms with Crippen molar-refractivity contribution < 1.29 is 72.9 Å². The third-order valence-corrected chi connectivity index (χ3v) is 9.11. The number of aliphatic hydroxyl groups is 1. The number of carboxylic acids is 2. The van der Waals surface area contributed by atoms with E-state index < -0.39 is 159 Å². The summed E-state index contributed by atoms with van der Waals surface area (Å²) in [5.74, 6) is -13.0. The number of aliphatic carboxylic acids is 2. The van der Waals surface area contributed by atoms with Crippen LogP contribution in [-0.2, 0) is 64.0 Å². The molecule has 2 aromatic rings. The van der Waals surface area contributed by atoms with Crippen LogP contribution in [0, 0.1) is 0 Å². The molecule has 1 aliphatic rings. The van der Waals surface area contributed by atoms with Crippen molar-refractivity contribution >= 4 is 81.9 Å². The molecule has 1 aromatic carbocycles. The minimum atomic E-state index is -1.78. The second-order valence-electron chi connectivity index (χ2n) is 14.1. The van der Waals surface area contributed by atoms with Crippen LogP contribution >= 0.6 is 0 Å². The minimum absolute atomic E-state index is 0.133. The lowest BCUT2D eigenvalue weighted by molar-refractivity contribution is -0.141. The van der Waals surface area contributed by atoms with Gasteiger partial charge < -0.3 is 73.5 Å². The summed E-state index contributed by atoms with van der Waals surface area (Å²) in [5.41, 5.74) is 1.28. The Hall–Kier alpha value is -7.64. The molecule has 0 radical (unpaired) electrons. The van der Waals surface area contributed by atoms with Gasteiger partial charge in [0, 0.05) is 29.9 Å². The topological polar surface area (TPSA) is 402 Å². The van der Waals surface area contributed by atoms with Gasteiger partial charge >= 0.3 is 11.9 Å². The second kappa shape index (κ2) is 24.0. The highest BCUT2D eigenvalue weighted by atomic mass is 16.4. The fraction of sp³-hybridized carbons (Fsp3) is 0.459. The van der Waals surface area contributed by atoms with Gasteiger partial charge in [-0.2, -0.15) is 0 Å². The van der Waals surface area contributed by atoms with E-state index in [0.717, 1.165) is 6.92 Å². The number of aliphatic hydroxyl groups excluding tert-OH is 1. The van der Waals surface area contributed by atoms with Gasteiger partial charge in [-0.3, -0.25) is 57.5 Å². The van der Waals surface area contributed by atoms with Gasteiger partial charge in [-0.25, -0.2) is 0 Å². The highest BCUT2D eigenvalue weighted by molar-refractivity contribution is 5.98. The summed E-state index contributed by atoms with van der Waals surface area (Å²) >= 11 is 0. The van der Waals surface area contributed by atoms with Crippen LogP contribution in [0.2, 0.25) is 0 Å². The average molecular weight is 888 g/mol. The number of nitrogens with one attached hydrogen (secondary N) is 11. The first-order chi connectivity index (χ1) is 29.8. The molecule has 1 fully saturated rings. The Morgan fingerprint density at radius 2 is 1.06 bits per heavy atom. The number of carbonyl (C=O) groups is 12. The molecule has 14 N–H and O–H groups in total. The van der Waals surface area contributed by atoms with E-state index in [0.29, 0.717) is 16.5 Å². The average Bonchev–Trinajstić information content (AvgIpc) is 3.64. The number of amides is 10. The summed E-state index contributed by atoms with van der Waals surface area (Å²) in [6, 6.07) is -2.24. The van der Waals surface area contributed by atoms with E-state index in [9.17, 15) is 72.9 Å². The van der Waals surface area contributed by atoms with Crippen LogP contribution in [0.3, 0.4) is 0 Å². The molecule has 1 saturated heterocycles. The highest BCUT2D eigenvalue weighted by Crippen LogP contribution is 2.19. The predicted molar refractivity (Wildman–Crippen MR) is 213 cm³/mol. The molecule has 6 atom stereocenters. The fourth-order valence-corrected chi connectivity index (χ4v) is 5.78. The van der Waals surface area contributed by atoms with Crippen molar-refractivity contribution in [2.45, 2.75) is 75.8 Å². The number of hydrogen-bond donors (Lipinski definition) is 14. The Balaban J connectivity index is 1.87. The Labute approximate surface area is 357 Å². The Morgan fingerprint density at radius 3 is 1.67 bits per heavy atom. The summed E-state index contributed by atoms with van der Waals surface area (Å²) in [4.78, 5) is 155. The second-order valence-corrected chi connectivity index (χ2v) is 14.1. The van der Waals surface area contributed by atoms with Crippen LogP contribution in [0.5, 0.6) is 0 Å². The first kappa shape index (κ1) is 49.7. The van der Waals surface area contributed by atoms with Gasteiger partial charge in [0.2, 0.25) is 59.1 Å². The van der Waals surface area contributed by atoms with Crippen molar-refractivity contribution in [1.82, 2.24) is 58.2 Å². The predicted octanol–water partition coefficient (Wildman–Crippen LogP) is -6.53. The maximum atomic E-state index is 13.6. The molecule has 0 unspecified atom stereocenters. The number of carbonyl (C=O) groups excluding carboxylic acids is 10. The molecule has 1 aromatic heterocycles. The van der Waals surface area contributed by atoms with Gasteiger partial charge in [-0.1, -0.05) is 18.2 Å².